The Labute approximate surface area is 162 Å². The number of aryl methyl sites for hydroxylation is 2. The van der Waals surface area contributed by atoms with Gasteiger partial charge >= 0.3 is 6.03 Å². The lowest BCUT2D eigenvalue weighted by Crippen LogP contribution is -2.38. The lowest BCUT2D eigenvalue weighted by atomic mass is 10.0. The van der Waals surface area contributed by atoms with Gasteiger partial charge in [0.05, 0.1) is 19.3 Å². The summed E-state index contributed by atoms with van der Waals surface area (Å²) in [6.45, 7) is 9.66. The van der Waals surface area contributed by atoms with Crippen molar-refractivity contribution in [3.63, 3.8) is 0 Å². The van der Waals surface area contributed by atoms with E-state index in [1.54, 1.807) is 0 Å². The maximum Gasteiger partial charge on any atom is 0.315 e. The minimum absolute atomic E-state index is 0.144. The van der Waals surface area contributed by atoms with Crippen molar-refractivity contribution in [2.75, 3.05) is 19.8 Å². The molecule has 1 unspecified atom stereocenters. The van der Waals surface area contributed by atoms with Gasteiger partial charge < -0.3 is 20.1 Å². The molecule has 0 bridgehead atoms. The van der Waals surface area contributed by atoms with Crippen LogP contribution in [0.3, 0.4) is 0 Å². The first-order valence-electron chi connectivity index (χ1n) is 9.47. The predicted molar refractivity (Wildman–Crippen MR) is 109 cm³/mol. The maximum atomic E-state index is 12.2. The number of urea groups is 1. The van der Waals surface area contributed by atoms with E-state index < -0.39 is 0 Å². The van der Waals surface area contributed by atoms with Crippen LogP contribution >= 0.6 is 0 Å². The van der Waals surface area contributed by atoms with Crippen molar-refractivity contribution in [1.82, 2.24) is 10.6 Å². The van der Waals surface area contributed by atoms with Crippen LogP contribution in [0.25, 0.3) is 0 Å². The van der Waals surface area contributed by atoms with Crippen LogP contribution in [0.1, 0.15) is 43.0 Å². The fourth-order valence-corrected chi connectivity index (χ4v) is 2.79. The number of rotatable bonds is 9. The summed E-state index contributed by atoms with van der Waals surface area (Å²) in [4.78, 5) is 12.2. The first kappa shape index (κ1) is 20.6. The van der Waals surface area contributed by atoms with Gasteiger partial charge in [-0.1, -0.05) is 35.9 Å². The Morgan fingerprint density at radius 3 is 2.59 bits per heavy atom. The molecule has 5 nitrogen and oxygen atoms in total. The van der Waals surface area contributed by atoms with Crippen molar-refractivity contribution in [2.45, 2.75) is 40.2 Å². The lowest BCUT2D eigenvalue weighted by molar-refractivity contribution is 0.235. The third kappa shape index (κ3) is 6.51. The van der Waals surface area contributed by atoms with Crippen molar-refractivity contribution in [3.05, 3.63) is 59.2 Å². The summed E-state index contributed by atoms with van der Waals surface area (Å²) in [6.07, 6.45) is 0.741. The molecule has 0 heterocycles. The first-order valence-corrected chi connectivity index (χ1v) is 9.47. The number of carbonyl (C=O) groups excluding carboxylic acids is 1. The first-order chi connectivity index (χ1) is 13.0. The maximum absolute atomic E-state index is 12.2. The molecule has 0 saturated carbocycles. The Balaban J connectivity index is 1.75. The van der Waals surface area contributed by atoms with E-state index in [-0.39, 0.29) is 12.1 Å². The summed E-state index contributed by atoms with van der Waals surface area (Å²) in [5.41, 5.74) is 3.23. The van der Waals surface area contributed by atoms with Crippen LogP contribution in [0.4, 0.5) is 4.79 Å². The second-order valence-corrected chi connectivity index (χ2v) is 6.56. The van der Waals surface area contributed by atoms with Gasteiger partial charge in [-0.05, 0) is 51.8 Å². The third-order valence-electron chi connectivity index (χ3n) is 4.24. The zero-order chi connectivity index (χ0) is 19.6. The predicted octanol–water partition coefficient (Wildman–Crippen LogP) is 4.53. The monoisotopic (exact) mass is 370 g/mol. The summed E-state index contributed by atoms with van der Waals surface area (Å²) < 4.78 is 11.4. The summed E-state index contributed by atoms with van der Waals surface area (Å²) in [7, 11) is 0. The molecule has 0 aromatic heterocycles. The zero-order valence-corrected chi connectivity index (χ0v) is 16.7. The van der Waals surface area contributed by atoms with Gasteiger partial charge in [-0.15, -0.1) is 0 Å². The molecular formula is C22H30N2O3. The van der Waals surface area contributed by atoms with E-state index in [0.717, 1.165) is 34.6 Å². The Bertz CT molecular complexity index is 746. The van der Waals surface area contributed by atoms with E-state index in [1.165, 1.54) is 0 Å². The smallest absolute Gasteiger partial charge is 0.315 e. The topological polar surface area (TPSA) is 59.6 Å². The van der Waals surface area contributed by atoms with E-state index in [0.29, 0.717) is 19.8 Å². The lowest BCUT2D eigenvalue weighted by Gasteiger charge is -2.19. The van der Waals surface area contributed by atoms with Gasteiger partial charge in [0.1, 0.15) is 11.5 Å². The van der Waals surface area contributed by atoms with E-state index in [9.17, 15) is 4.79 Å². The fourth-order valence-electron chi connectivity index (χ4n) is 2.79. The van der Waals surface area contributed by atoms with Gasteiger partial charge in [0.2, 0.25) is 0 Å². The molecule has 0 saturated heterocycles. The summed E-state index contributed by atoms with van der Waals surface area (Å²) in [5.74, 6) is 1.70. The van der Waals surface area contributed by atoms with E-state index in [1.807, 2.05) is 70.2 Å². The van der Waals surface area contributed by atoms with Crippen molar-refractivity contribution in [2.24, 2.45) is 0 Å². The van der Waals surface area contributed by atoms with Crippen molar-refractivity contribution in [3.8, 4) is 11.5 Å². The Morgan fingerprint density at radius 2 is 1.85 bits per heavy atom. The molecule has 0 aliphatic carbocycles. The van der Waals surface area contributed by atoms with Crippen molar-refractivity contribution >= 4 is 6.03 Å². The SMILES string of the molecule is CCOc1ccc(C)cc1C(C)NC(=O)NCCCOc1ccccc1C. The normalized spacial score (nSPS) is 11.6. The molecule has 1 atom stereocenters. The Kier molecular flexibility index (Phi) is 7.99. The molecule has 2 rings (SSSR count). The highest BCUT2D eigenvalue weighted by molar-refractivity contribution is 5.74. The Morgan fingerprint density at radius 1 is 1.07 bits per heavy atom. The number of nitrogens with one attached hydrogen (secondary N) is 2. The standard InChI is InChI=1S/C22H30N2O3/c1-5-26-21-12-11-16(2)15-19(21)18(4)24-22(25)23-13-8-14-27-20-10-7-6-9-17(20)3/h6-7,9-12,15,18H,5,8,13-14H2,1-4H3,(H2,23,24,25). The summed E-state index contributed by atoms with van der Waals surface area (Å²) in [5, 5.41) is 5.85. The quantitative estimate of drug-likeness (QED) is 0.638. The molecule has 2 N–H and O–H groups in total. The summed E-state index contributed by atoms with van der Waals surface area (Å²) >= 11 is 0. The molecule has 27 heavy (non-hydrogen) atoms. The molecule has 146 valence electrons. The van der Waals surface area contributed by atoms with Crippen molar-refractivity contribution in [1.29, 1.82) is 0 Å². The highest BCUT2D eigenvalue weighted by Crippen LogP contribution is 2.26. The van der Waals surface area contributed by atoms with Crippen LogP contribution in [0, 0.1) is 13.8 Å². The molecule has 0 aliphatic heterocycles. The number of benzene rings is 2. The van der Waals surface area contributed by atoms with Crippen molar-refractivity contribution < 1.29 is 14.3 Å². The average Bonchev–Trinajstić information content (AvgIpc) is 2.64. The van der Waals surface area contributed by atoms with Crippen LogP contribution in [-0.4, -0.2) is 25.8 Å². The van der Waals surface area contributed by atoms with E-state index in [2.05, 4.69) is 10.6 Å². The van der Waals surface area contributed by atoms with Gasteiger partial charge in [0.15, 0.2) is 0 Å². The molecule has 0 radical (unpaired) electrons. The zero-order valence-electron chi connectivity index (χ0n) is 16.7. The fraction of sp³-hybridized carbons (Fsp3) is 0.409. The number of ether oxygens (including phenoxy) is 2. The van der Waals surface area contributed by atoms with Gasteiger partial charge in [-0.25, -0.2) is 4.79 Å². The molecule has 2 amide bonds. The van der Waals surface area contributed by atoms with Gasteiger partial charge in [0, 0.05) is 12.1 Å². The van der Waals surface area contributed by atoms with Crippen LogP contribution < -0.4 is 20.1 Å². The van der Waals surface area contributed by atoms with E-state index in [4.69, 9.17) is 9.47 Å². The van der Waals surface area contributed by atoms with Gasteiger partial charge in [-0.2, -0.15) is 0 Å². The third-order valence-corrected chi connectivity index (χ3v) is 4.24. The second-order valence-electron chi connectivity index (χ2n) is 6.56. The van der Waals surface area contributed by atoms with Gasteiger partial charge in [-0.3, -0.25) is 0 Å². The number of hydrogen-bond acceptors (Lipinski definition) is 3. The molecule has 0 spiro atoms. The number of para-hydroxylation sites is 1. The second kappa shape index (κ2) is 10.5. The van der Waals surface area contributed by atoms with E-state index >= 15 is 0 Å². The molecule has 0 fully saturated rings. The highest BCUT2D eigenvalue weighted by atomic mass is 16.5. The van der Waals surface area contributed by atoms with Crippen LogP contribution in [0.5, 0.6) is 11.5 Å². The molecule has 2 aromatic rings. The number of carbonyl (C=O) groups is 1. The minimum Gasteiger partial charge on any atom is -0.494 e. The summed E-state index contributed by atoms with van der Waals surface area (Å²) in [6, 6.07) is 13.6. The number of amides is 2. The molecular weight excluding hydrogens is 340 g/mol. The highest BCUT2D eigenvalue weighted by Gasteiger charge is 2.14. The molecule has 0 aliphatic rings. The van der Waals surface area contributed by atoms with Crippen LogP contribution in [-0.2, 0) is 0 Å². The van der Waals surface area contributed by atoms with Gasteiger partial charge in [0.25, 0.3) is 0 Å². The van der Waals surface area contributed by atoms with Crippen LogP contribution in [0.2, 0.25) is 0 Å². The van der Waals surface area contributed by atoms with Crippen LogP contribution in [0.15, 0.2) is 42.5 Å². The molecule has 5 heteroatoms. The minimum atomic E-state index is -0.192. The largest absolute Gasteiger partial charge is 0.494 e. The molecule has 2 aromatic carbocycles. The number of hydrogen-bond donors (Lipinski definition) is 2. The average molecular weight is 370 g/mol. The Hall–Kier alpha value is -2.69.